The number of sulfonamides is 1. The molecule has 0 aliphatic rings. The molecule has 1 aromatic carbocycles. The lowest BCUT2D eigenvalue weighted by atomic mass is 9.95. The number of aromatic amines is 1. The van der Waals surface area contributed by atoms with E-state index in [0.29, 0.717) is 4.90 Å². The van der Waals surface area contributed by atoms with Crippen LogP contribution in [-0.2, 0) is 16.6 Å². The molecule has 0 spiro atoms. The molecule has 21 heavy (non-hydrogen) atoms. The minimum Gasteiger partial charge on any atom is -0.285 e. The maximum Gasteiger partial charge on any atom is 0.241 e. The average molecular weight is 307 g/mol. The van der Waals surface area contributed by atoms with Crippen LogP contribution in [0.2, 0.25) is 0 Å². The number of nitrogens with one attached hydrogen (secondary N) is 2. The lowest BCUT2D eigenvalue weighted by molar-refractivity contribution is 0.579. The van der Waals surface area contributed by atoms with Gasteiger partial charge in [-0.25, -0.2) is 13.1 Å². The van der Waals surface area contributed by atoms with Crippen LogP contribution in [0, 0.1) is 34.6 Å². The molecule has 2 N–H and O–H groups in total. The summed E-state index contributed by atoms with van der Waals surface area (Å²) in [5, 5.41) is 6.48. The molecular formula is C15H21N3O2S. The van der Waals surface area contributed by atoms with E-state index in [2.05, 4.69) is 14.9 Å². The van der Waals surface area contributed by atoms with Crippen LogP contribution in [0.3, 0.4) is 0 Å². The van der Waals surface area contributed by atoms with Crippen LogP contribution in [0.25, 0.3) is 0 Å². The zero-order chi connectivity index (χ0) is 15.8. The van der Waals surface area contributed by atoms with Crippen molar-refractivity contribution in [3.63, 3.8) is 0 Å². The molecule has 1 heterocycles. The Labute approximate surface area is 125 Å². The molecule has 0 aliphatic heterocycles. The zero-order valence-corrected chi connectivity index (χ0v) is 13.9. The topological polar surface area (TPSA) is 74.8 Å². The average Bonchev–Trinajstić information content (AvgIpc) is 2.94. The summed E-state index contributed by atoms with van der Waals surface area (Å²) >= 11 is 0. The first-order valence-electron chi connectivity index (χ1n) is 6.80. The number of aromatic nitrogens is 2. The highest BCUT2D eigenvalue weighted by atomic mass is 32.2. The molecule has 5 nitrogen and oxygen atoms in total. The Morgan fingerprint density at radius 3 is 2.00 bits per heavy atom. The molecule has 0 atom stereocenters. The molecule has 0 fully saturated rings. The van der Waals surface area contributed by atoms with Crippen LogP contribution in [0.15, 0.2) is 17.3 Å². The SMILES string of the molecule is Cc1c(C)c(C)c(S(=O)(=O)NCc2cn[nH]c2)c(C)c1C. The molecule has 1 aromatic heterocycles. The number of H-pyrrole nitrogens is 1. The molecule has 0 bridgehead atoms. The monoisotopic (exact) mass is 307 g/mol. The van der Waals surface area contributed by atoms with Gasteiger partial charge in [-0.05, 0) is 62.4 Å². The first-order chi connectivity index (χ1) is 9.75. The Hall–Kier alpha value is -1.66. The van der Waals surface area contributed by atoms with Crippen molar-refractivity contribution in [1.29, 1.82) is 0 Å². The van der Waals surface area contributed by atoms with Gasteiger partial charge in [-0.3, -0.25) is 5.10 Å². The van der Waals surface area contributed by atoms with Crippen molar-refractivity contribution in [3.05, 3.63) is 45.8 Å². The summed E-state index contributed by atoms with van der Waals surface area (Å²) < 4.78 is 27.9. The molecule has 0 saturated carbocycles. The van der Waals surface area contributed by atoms with Crippen molar-refractivity contribution in [2.24, 2.45) is 0 Å². The highest BCUT2D eigenvalue weighted by molar-refractivity contribution is 7.89. The maximum absolute atomic E-state index is 12.6. The molecule has 0 saturated heterocycles. The maximum atomic E-state index is 12.6. The Morgan fingerprint density at radius 1 is 1.00 bits per heavy atom. The first kappa shape index (κ1) is 15.7. The van der Waals surface area contributed by atoms with Gasteiger partial charge in [0.1, 0.15) is 0 Å². The lowest BCUT2D eigenvalue weighted by Gasteiger charge is -2.18. The van der Waals surface area contributed by atoms with Crippen molar-refractivity contribution < 1.29 is 8.42 Å². The van der Waals surface area contributed by atoms with Gasteiger partial charge in [0.25, 0.3) is 0 Å². The largest absolute Gasteiger partial charge is 0.285 e. The third-order valence-corrected chi connectivity index (χ3v) is 5.90. The Kier molecular flexibility index (Phi) is 4.20. The fraction of sp³-hybridized carbons (Fsp3) is 0.400. The summed E-state index contributed by atoms with van der Waals surface area (Å²) in [5.74, 6) is 0. The number of hydrogen-bond donors (Lipinski definition) is 2. The Balaban J connectivity index is 2.45. The highest BCUT2D eigenvalue weighted by Gasteiger charge is 2.23. The summed E-state index contributed by atoms with van der Waals surface area (Å²) in [6, 6.07) is 0. The molecule has 2 rings (SSSR count). The van der Waals surface area contributed by atoms with E-state index in [1.54, 1.807) is 12.4 Å². The van der Waals surface area contributed by atoms with E-state index in [1.165, 1.54) is 0 Å². The zero-order valence-electron chi connectivity index (χ0n) is 13.0. The van der Waals surface area contributed by atoms with Crippen molar-refractivity contribution in [2.45, 2.75) is 46.1 Å². The van der Waals surface area contributed by atoms with E-state index in [1.807, 2.05) is 34.6 Å². The van der Waals surface area contributed by atoms with E-state index in [4.69, 9.17) is 0 Å². The number of hydrogen-bond acceptors (Lipinski definition) is 3. The Morgan fingerprint density at radius 2 is 1.52 bits per heavy atom. The minimum absolute atomic E-state index is 0.226. The predicted molar refractivity (Wildman–Crippen MR) is 82.7 cm³/mol. The van der Waals surface area contributed by atoms with Crippen LogP contribution in [0.4, 0.5) is 0 Å². The van der Waals surface area contributed by atoms with Crippen molar-refractivity contribution >= 4 is 10.0 Å². The standard InChI is InChI=1S/C15H21N3O2S/c1-9-10(2)12(4)15(13(5)11(9)3)21(19,20)18-8-14-6-16-17-7-14/h6-7,18H,8H2,1-5H3,(H,16,17). The third-order valence-electron chi connectivity index (χ3n) is 4.22. The van der Waals surface area contributed by atoms with Crippen LogP contribution in [-0.4, -0.2) is 18.6 Å². The van der Waals surface area contributed by atoms with E-state index >= 15 is 0 Å². The minimum atomic E-state index is -3.55. The first-order valence-corrected chi connectivity index (χ1v) is 8.28. The van der Waals surface area contributed by atoms with Gasteiger partial charge in [0.15, 0.2) is 0 Å². The molecular weight excluding hydrogens is 286 g/mol. The van der Waals surface area contributed by atoms with Crippen LogP contribution in [0.1, 0.15) is 33.4 Å². The third kappa shape index (κ3) is 2.87. The number of nitrogens with zero attached hydrogens (tertiary/aromatic N) is 1. The summed E-state index contributed by atoms with van der Waals surface area (Å²) in [7, 11) is -3.55. The van der Waals surface area contributed by atoms with Gasteiger partial charge >= 0.3 is 0 Å². The molecule has 6 heteroatoms. The fourth-order valence-corrected chi connectivity index (χ4v) is 4.11. The second-order valence-corrected chi connectivity index (χ2v) is 7.09. The van der Waals surface area contributed by atoms with Crippen molar-refractivity contribution in [2.75, 3.05) is 0 Å². The van der Waals surface area contributed by atoms with Gasteiger partial charge in [0.05, 0.1) is 11.1 Å². The summed E-state index contributed by atoms with van der Waals surface area (Å²) in [5.41, 5.74) is 5.64. The van der Waals surface area contributed by atoms with E-state index in [0.717, 1.165) is 33.4 Å². The van der Waals surface area contributed by atoms with Gasteiger partial charge < -0.3 is 0 Å². The van der Waals surface area contributed by atoms with Crippen LogP contribution >= 0.6 is 0 Å². The summed E-state index contributed by atoms with van der Waals surface area (Å²) in [6.45, 7) is 9.91. The predicted octanol–water partition coefficient (Wildman–Crippen LogP) is 2.43. The molecule has 0 aliphatic carbocycles. The second-order valence-electron chi connectivity index (χ2n) is 5.39. The lowest BCUT2D eigenvalue weighted by Crippen LogP contribution is -2.25. The second kappa shape index (κ2) is 5.61. The van der Waals surface area contributed by atoms with Gasteiger partial charge in [-0.1, -0.05) is 0 Å². The van der Waals surface area contributed by atoms with Gasteiger partial charge in [-0.2, -0.15) is 5.10 Å². The van der Waals surface area contributed by atoms with Crippen molar-refractivity contribution in [3.8, 4) is 0 Å². The summed E-state index contributed by atoms with van der Waals surface area (Å²) in [6.07, 6.45) is 3.28. The van der Waals surface area contributed by atoms with E-state index in [-0.39, 0.29) is 6.54 Å². The molecule has 2 aromatic rings. The molecule has 114 valence electrons. The molecule has 0 unspecified atom stereocenters. The van der Waals surface area contributed by atoms with E-state index in [9.17, 15) is 8.42 Å². The quantitative estimate of drug-likeness (QED) is 0.911. The van der Waals surface area contributed by atoms with Crippen LogP contribution in [0.5, 0.6) is 0 Å². The van der Waals surface area contributed by atoms with Gasteiger partial charge in [0, 0.05) is 18.3 Å². The normalized spacial score (nSPS) is 11.9. The van der Waals surface area contributed by atoms with Crippen LogP contribution < -0.4 is 4.72 Å². The number of rotatable bonds is 4. The summed E-state index contributed by atoms with van der Waals surface area (Å²) in [4.78, 5) is 0.395. The van der Waals surface area contributed by atoms with Gasteiger partial charge in [-0.15, -0.1) is 0 Å². The molecule has 0 radical (unpaired) electrons. The fourth-order valence-electron chi connectivity index (χ4n) is 2.49. The molecule has 0 amide bonds. The van der Waals surface area contributed by atoms with E-state index < -0.39 is 10.0 Å². The smallest absolute Gasteiger partial charge is 0.241 e. The highest BCUT2D eigenvalue weighted by Crippen LogP contribution is 2.29. The Bertz CT molecular complexity index is 734. The van der Waals surface area contributed by atoms with Gasteiger partial charge in [0.2, 0.25) is 10.0 Å². The number of benzene rings is 1. The van der Waals surface area contributed by atoms with Crippen molar-refractivity contribution in [1.82, 2.24) is 14.9 Å².